The molecule has 0 N–H and O–H groups in total. The first-order valence-electron chi connectivity index (χ1n) is 6.01. The molecule has 0 atom stereocenters. The van der Waals surface area contributed by atoms with E-state index >= 15 is 0 Å². The van der Waals surface area contributed by atoms with Crippen molar-refractivity contribution in [1.29, 1.82) is 0 Å². The Hall–Kier alpha value is -1.14. The highest BCUT2D eigenvalue weighted by molar-refractivity contribution is 7.99. The summed E-state index contributed by atoms with van der Waals surface area (Å²) in [5, 5.41) is 5.17. The van der Waals surface area contributed by atoms with Crippen molar-refractivity contribution in [2.75, 3.05) is 12.4 Å². The van der Waals surface area contributed by atoms with Gasteiger partial charge in [-0.05, 0) is 33.8 Å². The van der Waals surface area contributed by atoms with Gasteiger partial charge in [-0.25, -0.2) is 9.50 Å². The third kappa shape index (κ3) is 3.20. The second-order valence-corrected chi connectivity index (χ2v) is 5.48. The summed E-state index contributed by atoms with van der Waals surface area (Å²) >= 11 is 1.59. The third-order valence-electron chi connectivity index (χ3n) is 2.36. The van der Waals surface area contributed by atoms with Crippen molar-refractivity contribution >= 4 is 17.5 Å². The van der Waals surface area contributed by atoms with Crippen molar-refractivity contribution in [3.8, 4) is 0 Å². The summed E-state index contributed by atoms with van der Waals surface area (Å²) in [7, 11) is 0. The Morgan fingerprint density at radius 1 is 1.33 bits per heavy atom. The highest BCUT2D eigenvalue weighted by Gasteiger charge is 2.07. The first-order chi connectivity index (χ1) is 8.56. The maximum Gasteiger partial charge on any atom is 0.253 e. The highest BCUT2D eigenvalue weighted by atomic mass is 32.2. The van der Waals surface area contributed by atoms with Crippen LogP contribution in [0.3, 0.4) is 0 Å². The lowest BCUT2D eigenvalue weighted by Gasteiger charge is -2.04. The zero-order valence-electron chi connectivity index (χ0n) is 11.2. The molecule has 0 aromatic carbocycles. The Kier molecular flexibility index (Phi) is 4.19. The van der Waals surface area contributed by atoms with E-state index in [0.717, 1.165) is 22.3 Å². The van der Waals surface area contributed by atoms with E-state index in [1.54, 1.807) is 16.3 Å². The number of aryl methyl sites for hydroxylation is 2. The fourth-order valence-corrected chi connectivity index (χ4v) is 2.27. The van der Waals surface area contributed by atoms with Gasteiger partial charge >= 0.3 is 0 Å². The van der Waals surface area contributed by atoms with Crippen molar-refractivity contribution in [3.05, 3.63) is 17.5 Å². The molecule has 2 rings (SSSR count). The summed E-state index contributed by atoms with van der Waals surface area (Å²) in [6.45, 7) is 8.74. The van der Waals surface area contributed by atoms with Crippen molar-refractivity contribution in [2.45, 2.75) is 39.0 Å². The number of hydrogen-bond donors (Lipinski definition) is 0. The van der Waals surface area contributed by atoms with Crippen LogP contribution in [0.4, 0.5) is 0 Å². The van der Waals surface area contributed by atoms with E-state index in [1.165, 1.54) is 0 Å². The molecule has 98 valence electrons. The molecule has 0 saturated carbocycles. The number of thioether (sulfide) groups is 1. The molecule has 0 spiro atoms. The third-order valence-corrected chi connectivity index (χ3v) is 3.17. The van der Waals surface area contributed by atoms with Gasteiger partial charge in [0.1, 0.15) is 0 Å². The Morgan fingerprint density at radius 3 is 2.83 bits per heavy atom. The first kappa shape index (κ1) is 13.3. The molecule has 2 aromatic heterocycles. The van der Waals surface area contributed by atoms with Crippen LogP contribution in [0.2, 0.25) is 0 Å². The lowest BCUT2D eigenvalue weighted by atomic mass is 10.4. The van der Waals surface area contributed by atoms with Crippen LogP contribution in [0.5, 0.6) is 0 Å². The van der Waals surface area contributed by atoms with Gasteiger partial charge in [0, 0.05) is 17.1 Å². The van der Waals surface area contributed by atoms with E-state index in [2.05, 4.69) is 15.1 Å². The minimum atomic E-state index is 0.270. The van der Waals surface area contributed by atoms with E-state index in [9.17, 15) is 0 Å². The van der Waals surface area contributed by atoms with E-state index in [4.69, 9.17) is 4.74 Å². The second kappa shape index (κ2) is 5.67. The fraction of sp³-hybridized carbons (Fsp3) is 0.583. The van der Waals surface area contributed by atoms with Gasteiger partial charge < -0.3 is 4.74 Å². The average Bonchev–Trinajstić information content (AvgIpc) is 2.67. The molecule has 0 saturated heterocycles. The summed E-state index contributed by atoms with van der Waals surface area (Å²) in [6, 6.07) is 2.00. The molecule has 0 aliphatic carbocycles. The van der Waals surface area contributed by atoms with Gasteiger partial charge in [-0.2, -0.15) is 4.98 Å². The molecule has 0 unspecified atom stereocenters. The van der Waals surface area contributed by atoms with Gasteiger partial charge in [0.2, 0.25) is 5.16 Å². The van der Waals surface area contributed by atoms with Gasteiger partial charge in [0.15, 0.2) is 0 Å². The largest absolute Gasteiger partial charge is 0.378 e. The summed E-state index contributed by atoms with van der Waals surface area (Å²) in [5.74, 6) is 1.52. The van der Waals surface area contributed by atoms with Gasteiger partial charge in [-0.1, -0.05) is 11.8 Å². The van der Waals surface area contributed by atoms with Crippen molar-refractivity contribution in [2.24, 2.45) is 0 Å². The maximum absolute atomic E-state index is 5.48. The van der Waals surface area contributed by atoms with Crippen LogP contribution in [0.25, 0.3) is 5.78 Å². The number of ether oxygens (including phenoxy) is 1. The van der Waals surface area contributed by atoms with E-state index in [-0.39, 0.29) is 6.10 Å². The SMILES string of the molecule is Cc1cc(C)n2nc(SCCOC(C)C)nc2n1. The molecule has 0 fully saturated rings. The lowest BCUT2D eigenvalue weighted by molar-refractivity contribution is 0.0920. The monoisotopic (exact) mass is 266 g/mol. The molecule has 0 bridgehead atoms. The number of aromatic nitrogens is 4. The summed E-state index contributed by atoms with van der Waals surface area (Å²) in [5.41, 5.74) is 2.02. The predicted octanol–water partition coefficient (Wildman–Crippen LogP) is 2.26. The molecule has 18 heavy (non-hydrogen) atoms. The van der Waals surface area contributed by atoms with E-state index < -0.39 is 0 Å². The van der Waals surface area contributed by atoms with Crippen molar-refractivity contribution < 1.29 is 4.74 Å². The molecule has 0 aliphatic rings. The predicted molar refractivity (Wildman–Crippen MR) is 72.1 cm³/mol. The average molecular weight is 266 g/mol. The zero-order chi connectivity index (χ0) is 13.1. The topological polar surface area (TPSA) is 52.3 Å². The zero-order valence-corrected chi connectivity index (χ0v) is 12.0. The highest BCUT2D eigenvalue weighted by Crippen LogP contribution is 2.15. The second-order valence-electron chi connectivity index (χ2n) is 4.41. The van der Waals surface area contributed by atoms with Gasteiger partial charge in [-0.15, -0.1) is 5.10 Å². The molecule has 2 heterocycles. The Bertz CT molecular complexity index is 538. The molecule has 6 heteroatoms. The minimum absolute atomic E-state index is 0.270. The number of hydrogen-bond acceptors (Lipinski definition) is 5. The van der Waals surface area contributed by atoms with Gasteiger partial charge in [0.05, 0.1) is 12.7 Å². The van der Waals surface area contributed by atoms with Crippen LogP contribution in [-0.4, -0.2) is 38.0 Å². The number of fused-ring (bicyclic) bond motifs is 1. The Balaban J connectivity index is 2.04. The van der Waals surface area contributed by atoms with Crippen LogP contribution >= 0.6 is 11.8 Å². The quantitative estimate of drug-likeness (QED) is 0.614. The van der Waals surface area contributed by atoms with Gasteiger partial charge in [-0.3, -0.25) is 0 Å². The van der Waals surface area contributed by atoms with Crippen LogP contribution in [0, 0.1) is 13.8 Å². The molecule has 0 amide bonds. The molecule has 0 aliphatic heterocycles. The van der Waals surface area contributed by atoms with Crippen molar-refractivity contribution in [3.63, 3.8) is 0 Å². The minimum Gasteiger partial charge on any atom is -0.378 e. The van der Waals surface area contributed by atoms with Gasteiger partial charge in [0.25, 0.3) is 5.78 Å². The maximum atomic E-state index is 5.48. The van der Waals surface area contributed by atoms with Crippen molar-refractivity contribution in [1.82, 2.24) is 19.6 Å². The standard InChI is InChI=1S/C12H18N4OS/c1-8(2)17-5-6-18-12-14-11-13-9(3)7-10(4)16(11)15-12/h7-8H,5-6H2,1-4H3. The summed E-state index contributed by atoms with van der Waals surface area (Å²) in [4.78, 5) is 8.76. The van der Waals surface area contributed by atoms with Crippen LogP contribution in [0.1, 0.15) is 25.2 Å². The fourth-order valence-electron chi connectivity index (χ4n) is 1.63. The number of nitrogens with zero attached hydrogens (tertiary/aromatic N) is 4. The molecule has 0 radical (unpaired) electrons. The van der Waals surface area contributed by atoms with Crippen LogP contribution in [0.15, 0.2) is 11.2 Å². The first-order valence-corrected chi connectivity index (χ1v) is 7.00. The van der Waals surface area contributed by atoms with E-state index in [0.29, 0.717) is 12.4 Å². The Morgan fingerprint density at radius 2 is 2.11 bits per heavy atom. The number of rotatable bonds is 5. The molecular formula is C12H18N4OS. The Labute approximate surface area is 111 Å². The molecular weight excluding hydrogens is 248 g/mol. The van der Waals surface area contributed by atoms with Crippen LogP contribution in [-0.2, 0) is 4.74 Å². The smallest absolute Gasteiger partial charge is 0.253 e. The van der Waals surface area contributed by atoms with E-state index in [1.807, 2.05) is 33.8 Å². The lowest BCUT2D eigenvalue weighted by Crippen LogP contribution is -2.05. The molecule has 5 nitrogen and oxygen atoms in total. The summed E-state index contributed by atoms with van der Waals surface area (Å²) in [6.07, 6.45) is 0.270. The van der Waals surface area contributed by atoms with Crippen LogP contribution < -0.4 is 0 Å². The summed E-state index contributed by atoms with van der Waals surface area (Å²) < 4.78 is 7.26. The normalized spacial score (nSPS) is 11.6. The molecule has 2 aromatic rings.